The van der Waals surface area contributed by atoms with Crippen molar-refractivity contribution in [1.82, 2.24) is 4.98 Å². The Hall–Kier alpha value is -1.65. The fourth-order valence-electron chi connectivity index (χ4n) is 1.27. The maximum absolute atomic E-state index is 13.4. The summed E-state index contributed by atoms with van der Waals surface area (Å²) in [5.74, 6) is 0.0262. The van der Waals surface area contributed by atoms with Crippen molar-refractivity contribution in [2.75, 3.05) is 5.43 Å². The van der Waals surface area contributed by atoms with Gasteiger partial charge in [-0.15, -0.1) is 0 Å². The van der Waals surface area contributed by atoms with Gasteiger partial charge in [0.2, 0.25) is 0 Å². The lowest BCUT2D eigenvalue weighted by molar-refractivity contribution is 0.626. The minimum absolute atomic E-state index is 0.216. The molecule has 0 fully saturated rings. The number of rotatable bonds is 3. The van der Waals surface area contributed by atoms with E-state index >= 15 is 0 Å². The van der Waals surface area contributed by atoms with Gasteiger partial charge in [0.15, 0.2) is 0 Å². The van der Waals surface area contributed by atoms with Crippen molar-refractivity contribution in [3.63, 3.8) is 0 Å². The van der Waals surface area contributed by atoms with Gasteiger partial charge in [-0.1, -0.05) is 35.3 Å². The molecule has 0 amide bonds. The molecule has 0 spiro atoms. The molecule has 3 nitrogen and oxygen atoms in total. The maximum atomic E-state index is 13.4. The fourth-order valence-corrected chi connectivity index (χ4v) is 1.64. The molecule has 18 heavy (non-hydrogen) atoms. The SMILES string of the molecule is Fc1cccc(Cl)c1/C=N\Nc1cccc(Cl)n1. The standard InChI is InChI=1S/C12H8Cl2FN3/c13-9-3-1-4-10(15)8(9)7-16-18-12-6-2-5-11(14)17-12/h1-7H,(H,17,18)/b16-7-. The van der Waals surface area contributed by atoms with Crippen LogP contribution in [0.4, 0.5) is 10.2 Å². The molecule has 1 aromatic heterocycles. The number of hydrogen-bond donors (Lipinski definition) is 1. The molecule has 0 radical (unpaired) electrons. The van der Waals surface area contributed by atoms with E-state index in [0.717, 1.165) is 0 Å². The van der Waals surface area contributed by atoms with Crippen LogP contribution < -0.4 is 5.43 Å². The van der Waals surface area contributed by atoms with Gasteiger partial charge in [0, 0.05) is 5.56 Å². The summed E-state index contributed by atoms with van der Waals surface area (Å²) < 4.78 is 13.4. The van der Waals surface area contributed by atoms with Crippen molar-refractivity contribution in [1.29, 1.82) is 0 Å². The van der Waals surface area contributed by atoms with Gasteiger partial charge in [-0.05, 0) is 24.3 Å². The molecule has 1 heterocycles. The molecule has 0 saturated heterocycles. The second-order valence-electron chi connectivity index (χ2n) is 3.35. The van der Waals surface area contributed by atoms with Crippen LogP contribution in [0.1, 0.15) is 5.56 Å². The Morgan fingerprint density at radius 3 is 2.67 bits per heavy atom. The number of pyridine rings is 1. The molecule has 1 aromatic carbocycles. The van der Waals surface area contributed by atoms with Gasteiger partial charge >= 0.3 is 0 Å². The first-order valence-corrected chi connectivity index (χ1v) is 5.78. The summed E-state index contributed by atoms with van der Waals surface area (Å²) in [6.07, 6.45) is 1.29. The lowest BCUT2D eigenvalue weighted by Gasteiger charge is -2.01. The maximum Gasteiger partial charge on any atom is 0.147 e. The van der Waals surface area contributed by atoms with Gasteiger partial charge in [-0.3, -0.25) is 5.43 Å². The highest BCUT2D eigenvalue weighted by atomic mass is 35.5. The number of benzene rings is 1. The third-order valence-electron chi connectivity index (χ3n) is 2.09. The second-order valence-corrected chi connectivity index (χ2v) is 4.15. The summed E-state index contributed by atoms with van der Waals surface area (Å²) in [6.45, 7) is 0. The van der Waals surface area contributed by atoms with E-state index in [1.165, 1.54) is 18.3 Å². The number of nitrogens with one attached hydrogen (secondary N) is 1. The molecule has 92 valence electrons. The molecule has 2 rings (SSSR count). The van der Waals surface area contributed by atoms with Crippen molar-refractivity contribution in [3.05, 3.63) is 58.0 Å². The van der Waals surface area contributed by atoms with Gasteiger partial charge in [0.05, 0.1) is 11.2 Å². The molecule has 0 saturated carbocycles. The minimum Gasteiger partial charge on any atom is -0.261 e. The predicted molar refractivity (Wildman–Crippen MR) is 71.9 cm³/mol. The van der Waals surface area contributed by atoms with E-state index in [4.69, 9.17) is 23.2 Å². The van der Waals surface area contributed by atoms with Gasteiger partial charge in [-0.2, -0.15) is 5.10 Å². The second kappa shape index (κ2) is 5.80. The van der Waals surface area contributed by atoms with E-state index in [1.54, 1.807) is 24.3 Å². The van der Waals surface area contributed by atoms with E-state index in [1.807, 2.05) is 0 Å². The highest BCUT2D eigenvalue weighted by molar-refractivity contribution is 6.33. The van der Waals surface area contributed by atoms with Crippen LogP contribution in [0.5, 0.6) is 0 Å². The van der Waals surface area contributed by atoms with Crippen molar-refractivity contribution in [2.45, 2.75) is 0 Å². The molecule has 0 aliphatic heterocycles. The number of halogens is 3. The first-order chi connectivity index (χ1) is 8.66. The average Bonchev–Trinajstić information content (AvgIpc) is 2.33. The normalized spacial score (nSPS) is 10.8. The van der Waals surface area contributed by atoms with Crippen LogP contribution in [0.15, 0.2) is 41.5 Å². The molecular formula is C12H8Cl2FN3. The summed E-state index contributed by atoms with van der Waals surface area (Å²) >= 11 is 11.5. The Labute approximate surface area is 113 Å². The number of aromatic nitrogens is 1. The van der Waals surface area contributed by atoms with E-state index in [-0.39, 0.29) is 5.56 Å². The highest BCUT2D eigenvalue weighted by Crippen LogP contribution is 2.16. The molecule has 1 N–H and O–H groups in total. The van der Waals surface area contributed by atoms with Crippen LogP contribution in [-0.2, 0) is 0 Å². The minimum atomic E-state index is -0.438. The predicted octanol–water partition coefficient (Wildman–Crippen LogP) is 3.97. The summed E-state index contributed by atoms with van der Waals surface area (Å²) in [5.41, 5.74) is 2.85. The number of hydrazone groups is 1. The van der Waals surface area contributed by atoms with Gasteiger partial charge in [0.25, 0.3) is 0 Å². The summed E-state index contributed by atoms with van der Waals surface area (Å²) in [7, 11) is 0. The number of nitrogens with zero attached hydrogens (tertiary/aromatic N) is 2. The largest absolute Gasteiger partial charge is 0.261 e. The molecular weight excluding hydrogens is 276 g/mol. The Kier molecular flexibility index (Phi) is 4.12. The lowest BCUT2D eigenvalue weighted by Crippen LogP contribution is -1.95. The van der Waals surface area contributed by atoms with Crippen molar-refractivity contribution in [2.24, 2.45) is 5.10 Å². The van der Waals surface area contributed by atoms with Crippen molar-refractivity contribution >= 4 is 35.2 Å². The summed E-state index contributed by atoms with van der Waals surface area (Å²) in [4.78, 5) is 3.96. The van der Waals surface area contributed by atoms with Crippen LogP contribution >= 0.6 is 23.2 Å². The zero-order valence-electron chi connectivity index (χ0n) is 9.07. The van der Waals surface area contributed by atoms with Gasteiger partial charge in [0.1, 0.15) is 16.8 Å². The molecule has 0 aliphatic carbocycles. The fraction of sp³-hybridized carbons (Fsp3) is 0. The molecule has 2 aromatic rings. The Morgan fingerprint density at radius 2 is 1.94 bits per heavy atom. The molecule has 0 bridgehead atoms. The quantitative estimate of drug-likeness (QED) is 0.526. The van der Waals surface area contributed by atoms with Crippen LogP contribution in [0.3, 0.4) is 0 Å². The van der Waals surface area contributed by atoms with Crippen LogP contribution in [0.2, 0.25) is 10.2 Å². The Morgan fingerprint density at radius 1 is 1.17 bits per heavy atom. The zero-order valence-corrected chi connectivity index (χ0v) is 10.6. The van der Waals surface area contributed by atoms with Gasteiger partial charge in [-0.25, -0.2) is 9.37 Å². The third kappa shape index (κ3) is 3.18. The summed E-state index contributed by atoms with van der Waals surface area (Å²) in [5, 5.41) is 4.49. The Balaban J connectivity index is 2.12. The van der Waals surface area contributed by atoms with E-state index in [9.17, 15) is 4.39 Å². The molecule has 0 unspecified atom stereocenters. The molecule has 0 aliphatic rings. The summed E-state index contributed by atoms with van der Waals surface area (Å²) in [6, 6.07) is 9.48. The Bertz CT molecular complexity index is 567. The average molecular weight is 284 g/mol. The van der Waals surface area contributed by atoms with E-state index < -0.39 is 5.82 Å². The first-order valence-electron chi connectivity index (χ1n) is 5.02. The topological polar surface area (TPSA) is 37.3 Å². The number of hydrogen-bond acceptors (Lipinski definition) is 3. The first kappa shape index (κ1) is 12.8. The van der Waals surface area contributed by atoms with E-state index in [2.05, 4.69) is 15.5 Å². The smallest absolute Gasteiger partial charge is 0.147 e. The lowest BCUT2D eigenvalue weighted by atomic mass is 10.2. The van der Waals surface area contributed by atoms with Crippen LogP contribution in [0.25, 0.3) is 0 Å². The number of anilines is 1. The highest BCUT2D eigenvalue weighted by Gasteiger charge is 2.03. The third-order valence-corrected chi connectivity index (χ3v) is 2.63. The monoisotopic (exact) mass is 283 g/mol. The molecule has 0 atom stereocenters. The van der Waals surface area contributed by atoms with Crippen LogP contribution in [-0.4, -0.2) is 11.2 Å². The van der Waals surface area contributed by atoms with Crippen LogP contribution in [0, 0.1) is 5.82 Å². The molecule has 6 heteroatoms. The van der Waals surface area contributed by atoms with E-state index in [0.29, 0.717) is 16.0 Å². The van der Waals surface area contributed by atoms with Gasteiger partial charge < -0.3 is 0 Å². The zero-order chi connectivity index (χ0) is 13.0. The van der Waals surface area contributed by atoms with Crippen molar-refractivity contribution in [3.8, 4) is 0 Å². The van der Waals surface area contributed by atoms with Crippen molar-refractivity contribution < 1.29 is 4.39 Å².